The van der Waals surface area contributed by atoms with Crippen molar-refractivity contribution >= 4 is 17.6 Å². The molecule has 0 fully saturated rings. The summed E-state index contributed by atoms with van der Waals surface area (Å²) >= 11 is 5.70. The number of carboxylic acid groups (broad SMARTS) is 1. The van der Waals surface area contributed by atoms with Gasteiger partial charge in [-0.25, -0.2) is 14.5 Å². The van der Waals surface area contributed by atoms with Gasteiger partial charge in [-0.3, -0.25) is 4.79 Å². The maximum atomic E-state index is 11.2. The van der Waals surface area contributed by atoms with Gasteiger partial charge in [-0.15, -0.1) is 0 Å². The number of hydrogen-bond acceptors (Lipinski definition) is 4. The molecule has 0 atom stereocenters. The molecule has 2 aromatic heterocycles. The minimum absolute atomic E-state index is 0.0156. The SMILES string of the molecule is O=C(O)c1cnn(-c2nc[nH]c(=O)c2Cl)c1. The second-order valence-corrected chi connectivity index (χ2v) is 3.23. The molecule has 0 aliphatic heterocycles. The molecule has 2 heterocycles. The van der Waals surface area contributed by atoms with Crippen molar-refractivity contribution in [1.29, 1.82) is 0 Å². The van der Waals surface area contributed by atoms with Crippen LogP contribution in [0.3, 0.4) is 0 Å². The molecule has 0 aliphatic rings. The van der Waals surface area contributed by atoms with Crippen LogP contribution in [0.2, 0.25) is 5.02 Å². The van der Waals surface area contributed by atoms with Gasteiger partial charge in [0.25, 0.3) is 5.56 Å². The molecule has 0 saturated carbocycles. The molecule has 16 heavy (non-hydrogen) atoms. The number of nitrogens with zero attached hydrogens (tertiary/aromatic N) is 3. The van der Waals surface area contributed by atoms with E-state index in [1.54, 1.807) is 0 Å². The summed E-state index contributed by atoms with van der Waals surface area (Å²) in [6, 6.07) is 0. The van der Waals surface area contributed by atoms with Crippen molar-refractivity contribution in [3.8, 4) is 5.82 Å². The Hall–Kier alpha value is -2.15. The van der Waals surface area contributed by atoms with E-state index in [1.165, 1.54) is 6.20 Å². The highest BCUT2D eigenvalue weighted by Gasteiger charge is 2.12. The third-order valence-corrected chi connectivity index (χ3v) is 2.17. The highest BCUT2D eigenvalue weighted by atomic mass is 35.5. The van der Waals surface area contributed by atoms with Gasteiger partial charge in [-0.1, -0.05) is 11.6 Å². The lowest BCUT2D eigenvalue weighted by Gasteiger charge is -2.00. The number of nitrogens with one attached hydrogen (secondary N) is 1. The first kappa shape index (κ1) is 10.4. The first-order valence-electron chi connectivity index (χ1n) is 4.11. The summed E-state index contributed by atoms with van der Waals surface area (Å²) in [5, 5.41) is 12.3. The predicted octanol–water partition coefficient (Wildman–Crippen LogP) is 0.307. The second-order valence-electron chi connectivity index (χ2n) is 2.85. The maximum Gasteiger partial charge on any atom is 0.338 e. The normalized spacial score (nSPS) is 10.3. The Bertz CT molecular complexity index is 603. The summed E-state index contributed by atoms with van der Waals surface area (Å²) in [6.07, 6.45) is 3.52. The number of aromatic amines is 1. The first-order chi connectivity index (χ1) is 7.59. The van der Waals surface area contributed by atoms with Gasteiger partial charge < -0.3 is 10.1 Å². The number of aromatic nitrogens is 4. The van der Waals surface area contributed by atoms with Crippen LogP contribution in [0, 0.1) is 0 Å². The van der Waals surface area contributed by atoms with E-state index in [0.717, 1.165) is 17.2 Å². The third-order valence-electron chi connectivity index (χ3n) is 1.82. The second kappa shape index (κ2) is 3.78. The van der Waals surface area contributed by atoms with E-state index < -0.39 is 11.5 Å². The molecule has 2 aromatic rings. The Balaban J connectivity index is 2.55. The zero-order valence-electron chi connectivity index (χ0n) is 7.72. The highest BCUT2D eigenvalue weighted by Crippen LogP contribution is 2.11. The average molecular weight is 241 g/mol. The largest absolute Gasteiger partial charge is 0.478 e. The van der Waals surface area contributed by atoms with E-state index in [-0.39, 0.29) is 16.4 Å². The summed E-state index contributed by atoms with van der Waals surface area (Å²) in [5.41, 5.74) is -0.530. The minimum Gasteiger partial charge on any atom is -0.478 e. The van der Waals surface area contributed by atoms with Crippen LogP contribution in [0.1, 0.15) is 10.4 Å². The van der Waals surface area contributed by atoms with Crippen LogP contribution in [0.25, 0.3) is 5.82 Å². The molecule has 0 spiro atoms. The van der Waals surface area contributed by atoms with Crippen molar-refractivity contribution in [1.82, 2.24) is 19.7 Å². The number of rotatable bonds is 2. The van der Waals surface area contributed by atoms with E-state index in [2.05, 4.69) is 15.1 Å². The molecule has 2 rings (SSSR count). The molecule has 0 unspecified atom stereocenters. The van der Waals surface area contributed by atoms with Gasteiger partial charge in [0.2, 0.25) is 0 Å². The summed E-state index contributed by atoms with van der Waals surface area (Å²) in [5.74, 6) is -1.04. The van der Waals surface area contributed by atoms with E-state index >= 15 is 0 Å². The zero-order valence-corrected chi connectivity index (χ0v) is 8.47. The molecule has 8 heteroatoms. The van der Waals surface area contributed by atoms with Crippen LogP contribution >= 0.6 is 11.6 Å². The van der Waals surface area contributed by atoms with E-state index in [0.29, 0.717) is 0 Å². The van der Waals surface area contributed by atoms with Crippen LogP contribution in [-0.2, 0) is 0 Å². The summed E-state index contributed by atoms with van der Waals surface area (Å²) in [6.45, 7) is 0. The molecule has 0 saturated heterocycles. The Morgan fingerprint density at radius 1 is 1.56 bits per heavy atom. The molecule has 0 aromatic carbocycles. The van der Waals surface area contributed by atoms with Gasteiger partial charge in [0.1, 0.15) is 0 Å². The number of carbonyl (C=O) groups is 1. The first-order valence-corrected chi connectivity index (χ1v) is 4.49. The maximum absolute atomic E-state index is 11.2. The van der Waals surface area contributed by atoms with Crippen molar-refractivity contribution in [3.63, 3.8) is 0 Å². The Kier molecular flexibility index (Phi) is 2.45. The van der Waals surface area contributed by atoms with Gasteiger partial charge in [0.05, 0.1) is 18.1 Å². The third kappa shape index (κ3) is 1.68. The Morgan fingerprint density at radius 2 is 2.31 bits per heavy atom. The molecule has 2 N–H and O–H groups in total. The van der Waals surface area contributed by atoms with Crippen LogP contribution in [0.5, 0.6) is 0 Å². The lowest BCUT2D eigenvalue weighted by molar-refractivity contribution is 0.0697. The lowest BCUT2D eigenvalue weighted by atomic mass is 10.4. The molecule has 0 aliphatic carbocycles. The number of aromatic carboxylic acids is 1. The van der Waals surface area contributed by atoms with Crippen molar-refractivity contribution in [2.75, 3.05) is 0 Å². The molecular weight excluding hydrogens is 236 g/mol. The fourth-order valence-electron chi connectivity index (χ4n) is 1.08. The highest BCUT2D eigenvalue weighted by molar-refractivity contribution is 6.31. The fourth-order valence-corrected chi connectivity index (χ4v) is 1.27. The van der Waals surface area contributed by atoms with Crippen LogP contribution in [0.4, 0.5) is 0 Å². The lowest BCUT2D eigenvalue weighted by Crippen LogP contribution is -2.12. The van der Waals surface area contributed by atoms with Crippen LogP contribution < -0.4 is 5.56 Å². The van der Waals surface area contributed by atoms with Crippen molar-refractivity contribution in [2.45, 2.75) is 0 Å². The molecule has 0 bridgehead atoms. The fraction of sp³-hybridized carbons (Fsp3) is 0. The molecular formula is C8H5ClN4O3. The number of halogens is 1. The van der Waals surface area contributed by atoms with Crippen LogP contribution in [0.15, 0.2) is 23.5 Å². The van der Waals surface area contributed by atoms with E-state index in [9.17, 15) is 9.59 Å². The van der Waals surface area contributed by atoms with Gasteiger partial charge in [0.15, 0.2) is 10.8 Å². The van der Waals surface area contributed by atoms with Gasteiger partial charge in [0, 0.05) is 6.20 Å². The number of H-pyrrole nitrogens is 1. The summed E-state index contributed by atoms with van der Waals surface area (Å²) in [7, 11) is 0. The number of carboxylic acids is 1. The van der Waals surface area contributed by atoms with Crippen molar-refractivity contribution in [2.24, 2.45) is 0 Å². The van der Waals surface area contributed by atoms with Crippen LogP contribution in [-0.4, -0.2) is 30.8 Å². The molecule has 0 amide bonds. The predicted molar refractivity (Wildman–Crippen MR) is 53.9 cm³/mol. The topological polar surface area (TPSA) is 101 Å². The molecule has 0 radical (unpaired) electrons. The monoisotopic (exact) mass is 240 g/mol. The average Bonchev–Trinajstić information content (AvgIpc) is 2.71. The summed E-state index contributed by atoms with van der Waals surface area (Å²) < 4.78 is 1.13. The summed E-state index contributed by atoms with van der Waals surface area (Å²) in [4.78, 5) is 27.9. The van der Waals surface area contributed by atoms with Gasteiger partial charge >= 0.3 is 5.97 Å². The van der Waals surface area contributed by atoms with E-state index in [4.69, 9.17) is 16.7 Å². The van der Waals surface area contributed by atoms with E-state index in [1.807, 2.05) is 0 Å². The van der Waals surface area contributed by atoms with Gasteiger partial charge in [-0.05, 0) is 0 Å². The smallest absolute Gasteiger partial charge is 0.338 e. The zero-order chi connectivity index (χ0) is 11.7. The molecule has 7 nitrogen and oxygen atoms in total. The van der Waals surface area contributed by atoms with Crippen molar-refractivity contribution < 1.29 is 9.90 Å². The standard InChI is InChI=1S/C8H5ClN4O3/c9-5-6(10-3-11-7(5)14)13-2-4(1-12-13)8(15)16/h1-3H,(H,15,16)(H,10,11,14). The van der Waals surface area contributed by atoms with Crippen molar-refractivity contribution in [3.05, 3.63) is 39.7 Å². The molecule has 82 valence electrons. The van der Waals surface area contributed by atoms with Gasteiger partial charge in [-0.2, -0.15) is 5.10 Å². The quantitative estimate of drug-likeness (QED) is 0.787. The Labute approximate surface area is 93.3 Å². The Morgan fingerprint density at radius 3 is 2.94 bits per heavy atom. The number of hydrogen-bond donors (Lipinski definition) is 2. The minimum atomic E-state index is -1.12.